The minimum Gasteiger partial charge on any atom is -0.361 e. The zero-order chi connectivity index (χ0) is 23.5. The van der Waals surface area contributed by atoms with E-state index >= 15 is 0 Å². The molecule has 2 heterocycles. The lowest BCUT2D eigenvalue weighted by Gasteiger charge is -2.17. The van der Waals surface area contributed by atoms with Crippen molar-refractivity contribution in [3.05, 3.63) is 101 Å². The molecule has 0 aliphatic carbocycles. The second kappa shape index (κ2) is 9.70. The zero-order valence-corrected chi connectivity index (χ0v) is 20.3. The topological polar surface area (TPSA) is 77.6 Å². The predicted octanol–water partition coefficient (Wildman–Crippen LogP) is 6.05. The van der Waals surface area contributed by atoms with Crippen molar-refractivity contribution in [2.24, 2.45) is 4.99 Å². The molecule has 1 aliphatic rings. The number of para-hydroxylation sites is 1. The summed E-state index contributed by atoms with van der Waals surface area (Å²) >= 11 is 4.65. The Morgan fingerprint density at radius 1 is 1.06 bits per heavy atom. The summed E-state index contributed by atoms with van der Waals surface area (Å²) in [5, 5.41) is 4.46. The smallest absolute Gasteiger partial charge is 0.283 e. The second-order valence-electron chi connectivity index (χ2n) is 7.57. The van der Waals surface area contributed by atoms with Crippen LogP contribution in [0.15, 0.2) is 100 Å². The number of rotatable bonds is 5. The van der Waals surface area contributed by atoms with Crippen LogP contribution in [0, 0.1) is 0 Å². The van der Waals surface area contributed by atoms with Gasteiger partial charge in [-0.15, -0.1) is 0 Å². The fraction of sp³-hybridized carbons (Fsp3) is 0.0385. The summed E-state index contributed by atoms with van der Waals surface area (Å²) in [6.07, 6.45) is 3.61. The molecule has 0 saturated heterocycles. The number of amidine groups is 1. The molecule has 0 atom stereocenters. The number of fused-ring (bicyclic) bond motifs is 1. The molecule has 34 heavy (non-hydrogen) atoms. The molecule has 3 aromatic carbocycles. The number of nitrogens with one attached hydrogen (secondary N) is 2. The number of nitrogens with zero attached hydrogens (tertiary/aromatic N) is 2. The van der Waals surface area contributed by atoms with E-state index in [-0.39, 0.29) is 17.6 Å². The molecule has 1 aliphatic heterocycles. The van der Waals surface area contributed by atoms with Crippen molar-refractivity contribution in [2.45, 2.75) is 0 Å². The van der Waals surface area contributed by atoms with E-state index in [9.17, 15) is 9.59 Å². The van der Waals surface area contributed by atoms with E-state index in [4.69, 9.17) is 0 Å². The number of aliphatic imine (C=N–C) groups is 1. The predicted molar refractivity (Wildman–Crippen MR) is 143 cm³/mol. The summed E-state index contributed by atoms with van der Waals surface area (Å²) in [5.41, 5.74) is 3.56. The lowest BCUT2D eigenvalue weighted by Crippen LogP contribution is -2.31. The van der Waals surface area contributed by atoms with Gasteiger partial charge >= 0.3 is 0 Å². The Hall–Kier alpha value is -3.62. The van der Waals surface area contributed by atoms with Gasteiger partial charge in [-0.2, -0.15) is 0 Å². The first-order valence-corrected chi connectivity index (χ1v) is 12.3. The van der Waals surface area contributed by atoms with Crippen LogP contribution in [-0.2, 0) is 9.59 Å². The monoisotopic (exact) mass is 530 g/mol. The highest BCUT2D eigenvalue weighted by atomic mass is 79.9. The van der Waals surface area contributed by atoms with Crippen molar-refractivity contribution in [2.75, 3.05) is 16.0 Å². The highest BCUT2D eigenvalue weighted by Gasteiger charge is 2.32. The normalized spacial score (nSPS) is 14.6. The van der Waals surface area contributed by atoms with Crippen molar-refractivity contribution in [1.29, 1.82) is 0 Å². The van der Waals surface area contributed by atoms with Gasteiger partial charge in [0.25, 0.3) is 5.91 Å². The number of carbonyl (C=O) groups excluding carboxylic acids is 2. The van der Waals surface area contributed by atoms with Crippen LogP contribution in [0.4, 0.5) is 11.4 Å². The van der Waals surface area contributed by atoms with Crippen molar-refractivity contribution in [3.8, 4) is 0 Å². The third kappa shape index (κ3) is 4.83. The largest absolute Gasteiger partial charge is 0.361 e. The fourth-order valence-electron chi connectivity index (χ4n) is 3.57. The number of halogens is 1. The van der Waals surface area contributed by atoms with Gasteiger partial charge in [-0.05, 0) is 59.5 Å². The molecule has 2 N–H and O–H groups in total. The van der Waals surface area contributed by atoms with E-state index in [0.29, 0.717) is 22.2 Å². The van der Waals surface area contributed by atoms with Crippen LogP contribution in [0.1, 0.15) is 5.56 Å². The summed E-state index contributed by atoms with van der Waals surface area (Å²) in [4.78, 5) is 35.2. The molecule has 0 radical (unpaired) electrons. The average Bonchev–Trinajstić information content (AvgIpc) is 3.43. The second-order valence-corrected chi connectivity index (χ2v) is 9.43. The highest BCUT2D eigenvalue weighted by molar-refractivity contribution is 9.10. The summed E-state index contributed by atoms with van der Waals surface area (Å²) < 4.78 is 0.958. The molecule has 168 valence electrons. The van der Waals surface area contributed by atoms with Crippen LogP contribution < -0.4 is 10.2 Å². The summed E-state index contributed by atoms with van der Waals surface area (Å²) in [6, 6.07) is 24.6. The molecule has 0 saturated carbocycles. The van der Waals surface area contributed by atoms with Crippen LogP contribution in [0.2, 0.25) is 0 Å². The van der Waals surface area contributed by atoms with Crippen LogP contribution in [0.3, 0.4) is 0 Å². The molecule has 6 nitrogen and oxygen atoms in total. The van der Waals surface area contributed by atoms with Gasteiger partial charge in [0.1, 0.15) is 5.70 Å². The van der Waals surface area contributed by atoms with Crippen LogP contribution in [0.25, 0.3) is 17.0 Å². The Morgan fingerprint density at radius 2 is 1.85 bits per heavy atom. The zero-order valence-electron chi connectivity index (χ0n) is 17.9. The van der Waals surface area contributed by atoms with E-state index in [0.717, 1.165) is 20.9 Å². The first-order valence-electron chi connectivity index (χ1n) is 10.5. The summed E-state index contributed by atoms with van der Waals surface area (Å²) in [6.45, 7) is 0. The minimum absolute atomic E-state index is 0.115. The maximum Gasteiger partial charge on any atom is 0.283 e. The van der Waals surface area contributed by atoms with Crippen molar-refractivity contribution in [1.82, 2.24) is 4.98 Å². The SMILES string of the molecule is O=C(CSC1=N/C(=C\c2ccc(Br)cc2)C(=O)N1c1ccccc1)Nc1ccc2cc[nH]c2c1. The molecular weight excluding hydrogens is 512 g/mol. The Kier molecular flexibility index (Phi) is 6.33. The first-order chi connectivity index (χ1) is 16.6. The minimum atomic E-state index is -0.228. The number of H-pyrrole nitrogens is 1. The van der Waals surface area contributed by atoms with Gasteiger partial charge < -0.3 is 10.3 Å². The third-order valence-corrected chi connectivity index (χ3v) is 6.66. The Labute approximate surface area is 208 Å². The molecule has 0 unspecified atom stereocenters. The third-order valence-electron chi connectivity index (χ3n) is 5.19. The number of anilines is 2. The quantitative estimate of drug-likeness (QED) is 0.308. The molecule has 1 aromatic heterocycles. The number of hydrogen-bond acceptors (Lipinski definition) is 4. The summed E-state index contributed by atoms with van der Waals surface area (Å²) in [5.74, 6) is -0.289. The summed E-state index contributed by atoms with van der Waals surface area (Å²) in [7, 11) is 0. The van der Waals surface area contributed by atoms with Gasteiger partial charge in [0.15, 0.2) is 5.17 Å². The van der Waals surface area contributed by atoms with Gasteiger partial charge in [-0.25, -0.2) is 4.99 Å². The number of hydrogen-bond donors (Lipinski definition) is 2. The fourth-order valence-corrected chi connectivity index (χ4v) is 4.64. The molecule has 2 amide bonds. The van der Waals surface area contributed by atoms with Gasteiger partial charge in [0.2, 0.25) is 5.91 Å². The molecule has 5 rings (SSSR count). The van der Waals surface area contributed by atoms with Crippen molar-refractivity contribution < 1.29 is 9.59 Å². The lowest BCUT2D eigenvalue weighted by atomic mass is 10.2. The van der Waals surface area contributed by atoms with E-state index < -0.39 is 0 Å². The van der Waals surface area contributed by atoms with Gasteiger partial charge in [0.05, 0.1) is 11.4 Å². The Morgan fingerprint density at radius 3 is 2.65 bits per heavy atom. The Balaban J connectivity index is 1.35. The maximum atomic E-state index is 13.2. The van der Waals surface area contributed by atoms with Gasteiger partial charge in [-0.1, -0.05) is 64.1 Å². The molecule has 0 fully saturated rings. The lowest BCUT2D eigenvalue weighted by molar-refractivity contribution is -0.114. The standard InChI is InChI=1S/C26H19BrN4O2S/c27-19-9-6-17(7-10-19)14-23-25(33)31(21-4-2-1-3-5-21)26(30-23)34-16-24(32)29-20-11-8-18-12-13-28-22(18)15-20/h1-15,28H,16H2,(H,29,32)/b23-14-. The van der Waals surface area contributed by atoms with Gasteiger partial charge in [-0.3, -0.25) is 14.5 Å². The maximum absolute atomic E-state index is 13.2. The van der Waals surface area contributed by atoms with E-state index in [1.165, 1.54) is 11.8 Å². The van der Waals surface area contributed by atoms with Crippen molar-refractivity contribution in [3.63, 3.8) is 0 Å². The molecular formula is C26H19BrN4O2S. The van der Waals surface area contributed by atoms with E-state index in [1.807, 2.05) is 85.1 Å². The van der Waals surface area contributed by atoms with Crippen LogP contribution in [0.5, 0.6) is 0 Å². The first kappa shape index (κ1) is 22.2. The number of aromatic nitrogens is 1. The van der Waals surface area contributed by atoms with Gasteiger partial charge in [0, 0.05) is 21.9 Å². The van der Waals surface area contributed by atoms with Crippen LogP contribution in [-0.4, -0.2) is 27.7 Å². The molecule has 4 aromatic rings. The molecule has 0 spiro atoms. The number of aromatic amines is 1. The number of amides is 2. The number of carbonyl (C=O) groups is 2. The average molecular weight is 531 g/mol. The molecule has 0 bridgehead atoms. The Bertz CT molecular complexity index is 1430. The number of thioether (sulfide) groups is 1. The van der Waals surface area contributed by atoms with E-state index in [2.05, 4.69) is 31.2 Å². The molecule has 8 heteroatoms. The van der Waals surface area contributed by atoms with Crippen LogP contribution >= 0.6 is 27.7 Å². The van der Waals surface area contributed by atoms with Crippen molar-refractivity contribution >= 4 is 73.0 Å². The number of benzene rings is 3. The highest BCUT2D eigenvalue weighted by Crippen LogP contribution is 2.29. The van der Waals surface area contributed by atoms with E-state index in [1.54, 1.807) is 11.0 Å².